The van der Waals surface area contributed by atoms with Crippen molar-refractivity contribution in [1.29, 1.82) is 0 Å². The average molecular weight is 437 g/mol. The minimum Gasteiger partial charge on any atom is -0.497 e. The highest BCUT2D eigenvalue weighted by Crippen LogP contribution is 2.24. The Hall–Kier alpha value is -3.09. The van der Waals surface area contributed by atoms with Gasteiger partial charge in [0.15, 0.2) is 0 Å². The van der Waals surface area contributed by atoms with Crippen LogP contribution in [0.15, 0.2) is 48.7 Å². The van der Waals surface area contributed by atoms with Gasteiger partial charge in [0.05, 0.1) is 7.11 Å². The van der Waals surface area contributed by atoms with E-state index in [4.69, 9.17) is 4.74 Å². The number of aromatic nitrogens is 1. The fourth-order valence-corrected chi connectivity index (χ4v) is 4.64. The van der Waals surface area contributed by atoms with Gasteiger partial charge in [0, 0.05) is 57.4 Å². The lowest BCUT2D eigenvalue weighted by molar-refractivity contribution is -0.131. The Balaban J connectivity index is 1.24. The Morgan fingerprint density at radius 1 is 1.03 bits per heavy atom. The van der Waals surface area contributed by atoms with Crippen molar-refractivity contribution in [1.82, 2.24) is 14.8 Å². The topological polar surface area (TPSA) is 66.0 Å². The first-order valence-corrected chi connectivity index (χ1v) is 11.5. The summed E-state index contributed by atoms with van der Waals surface area (Å²) in [5, 5.41) is 0. The highest BCUT2D eigenvalue weighted by atomic mass is 16.5. The number of piperazine rings is 1. The molecule has 2 aliphatic heterocycles. The summed E-state index contributed by atoms with van der Waals surface area (Å²) in [4.78, 5) is 36.3. The van der Waals surface area contributed by atoms with Crippen LogP contribution in [0.4, 0.5) is 5.82 Å². The van der Waals surface area contributed by atoms with E-state index in [1.165, 1.54) is 0 Å². The number of methoxy groups -OCH3 is 1. The van der Waals surface area contributed by atoms with Crippen LogP contribution in [-0.4, -0.2) is 73.0 Å². The summed E-state index contributed by atoms with van der Waals surface area (Å²) in [6, 6.07) is 13.2. The fraction of sp³-hybridized carbons (Fsp3) is 0.480. The molecule has 7 heteroatoms. The van der Waals surface area contributed by atoms with Crippen molar-refractivity contribution in [2.75, 3.05) is 51.3 Å². The van der Waals surface area contributed by atoms with E-state index in [9.17, 15) is 9.59 Å². The van der Waals surface area contributed by atoms with Crippen molar-refractivity contribution in [3.8, 4) is 5.75 Å². The number of hydrogen-bond donors (Lipinski definition) is 0. The van der Waals surface area contributed by atoms with Crippen LogP contribution in [0.25, 0.3) is 0 Å². The van der Waals surface area contributed by atoms with Gasteiger partial charge in [-0.15, -0.1) is 0 Å². The third-order valence-electron chi connectivity index (χ3n) is 6.49. The predicted octanol–water partition coefficient (Wildman–Crippen LogP) is 3.07. The molecule has 32 heavy (non-hydrogen) atoms. The monoisotopic (exact) mass is 436 g/mol. The number of carbonyl (C=O) groups excluding carboxylic acids is 2. The molecule has 0 saturated carbocycles. The van der Waals surface area contributed by atoms with Crippen LogP contribution < -0.4 is 9.64 Å². The molecule has 2 saturated heterocycles. The van der Waals surface area contributed by atoms with Gasteiger partial charge in [0.2, 0.25) is 5.91 Å². The maximum absolute atomic E-state index is 12.9. The number of pyridine rings is 1. The molecule has 2 aliphatic rings. The van der Waals surface area contributed by atoms with E-state index in [0.717, 1.165) is 64.3 Å². The van der Waals surface area contributed by atoms with Crippen molar-refractivity contribution < 1.29 is 14.3 Å². The minimum atomic E-state index is 0.0468. The van der Waals surface area contributed by atoms with Crippen LogP contribution in [0.5, 0.6) is 5.75 Å². The van der Waals surface area contributed by atoms with E-state index in [1.807, 2.05) is 46.2 Å². The highest BCUT2D eigenvalue weighted by molar-refractivity contribution is 5.94. The van der Waals surface area contributed by atoms with Crippen molar-refractivity contribution in [2.24, 2.45) is 5.92 Å². The quantitative estimate of drug-likeness (QED) is 0.696. The Bertz CT molecular complexity index is 912. The van der Waals surface area contributed by atoms with Crippen LogP contribution in [0.2, 0.25) is 0 Å². The molecule has 0 aliphatic carbocycles. The zero-order chi connectivity index (χ0) is 22.3. The Kier molecular flexibility index (Phi) is 7.24. The molecule has 0 unspecified atom stereocenters. The Morgan fingerprint density at radius 2 is 1.88 bits per heavy atom. The van der Waals surface area contributed by atoms with Crippen LogP contribution >= 0.6 is 0 Å². The number of anilines is 1. The molecular formula is C25H32N4O3. The summed E-state index contributed by atoms with van der Waals surface area (Å²) < 4.78 is 5.25. The summed E-state index contributed by atoms with van der Waals surface area (Å²) >= 11 is 0. The van der Waals surface area contributed by atoms with E-state index in [0.29, 0.717) is 23.7 Å². The lowest BCUT2D eigenvalue weighted by Crippen LogP contribution is -2.49. The standard InChI is InChI=1S/C25H32N4O3/c1-32-22-8-4-7-21(18-22)25(31)29-13-5-6-20(19-29)10-11-24(30)28-16-14-27(15-17-28)23-9-2-3-12-26-23/h2-4,7-9,12,18,20H,5-6,10-11,13-17,19H2,1H3/t20-/m0/s1. The molecule has 1 aromatic heterocycles. The molecule has 2 amide bonds. The zero-order valence-corrected chi connectivity index (χ0v) is 18.8. The molecule has 1 atom stereocenters. The van der Waals surface area contributed by atoms with Crippen LogP contribution in [-0.2, 0) is 4.79 Å². The second-order valence-electron chi connectivity index (χ2n) is 8.59. The molecule has 2 fully saturated rings. The zero-order valence-electron chi connectivity index (χ0n) is 18.8. The summed E-state index contributed by atoms with van der Waals surface area (Å²) in [7, 11) is 1.61. The Morgan fingerprint density at radius 3 is 2.62 bits per heavy atom. The fourth-order valence-electron chi connectivity index (χ4n) is 4.64. The summed E-state index contributed by atoms with van der Waals surface area (Å²) in [5.41, 5.74) is 0.659. The van der Waals surface area contributed by atoms with Gasteiger partial charge in [-0.05, 0) is 55.5 Å². The van der Waals surface area contributed by atoms with E-state index in [-0.39, 0.29) is 11.8 Å². The third-order valence-corrected chi connectivity index (χ3v) is 6.49. The molecule has 170 valence electrons. The lowest BCUT2D eigenvalue weighted by atomic mass is 9.92. The van der Waals surface area contributed by atoms with Gasteiger partial charge >= 0.3 is 0 Å². The van der Waals surface area contributed by atoms with Gasteiger partial charge in [-0.1, -0.05) is 12.1 Å². The first-order chi connectivity index (χ1) is 15.6. The van der Waals surface area contributed by atoms with E-state index >= 15 is 0 Å². The molecule has 0 radical (unpaired) electrons. The molecule has 0 bridgehead atoms. The third kappa shape index (κ3) is 5.39. The van der Waals surface area contributed by atoms with Gasteiger partial charge in [-0.3, -0.25) is 9.59 Å². The van der Waals surface area contributed by atoms with Crippen molar-refractivity contribution in [3.05, 3.63) is 54.2 Å². The van der Waals surface area contributed by atoms with Gasteiger partial charge in [-0.2, -0.15) is 0 Å². The van der Waals surface area contributed by atoms with Gasteiger partial charge < -0.3 is 19.4 Å². The number of ether oxygens (including phenoxy) is 1. The second-order valence-corrected chi connectivity index (χ2v) is 8.59. The van der Waals surface area contributed by atoms with Crippen molar-refractivity contribution >= 4 is 17.6 Å². The number of rotatable bonds is 6. The van der Waals surface area contributed by atoms with Crippen molar-refractivity contribution in [2.45, 2.75) is 25.7 Å². The maximum atomic E-state index is 12.9. The molecule has 1 aromatic carbocycles. The van der Waals surface area contributed by atoms with E-state index in [2.05, 4.69) is 9.88 Å². The number of piperidine rings is 1. The lowest BCUT2D eigenvalue weighted by Gasteiger charge is -2.36. The normalized spacial score (nSPS) is 19.0. The number of benzene rings is 1. The van der Waals surface area contributed by atoms with Crippen molar-refractivity contribution in [3.63, 3.8) is 0 Å². The highest BCUT2D eigenvalue weighted by Gasteiger charge is 2.27. The smallest absolute Gasteiger partial charge is 0.253 e. The van der Waals surface area contributed by atoms with Gasteiger partial charge in [0.25, 0.3) is 5.91 Å². The molecule has 2 aromatic rings. The minimum absolute atomic E-state index is 0.0468. The first-order valence-electron chi connectivity index (χ1n) is 11.5. The molecule has 0 spiro atoms. The maximum Gasteiger partial charge on any atom is 0.253 e. The number of carbonyl (C=O) groups is 2. The molecule has 4 rings (SSSR count). The molecule has 7 nitrogen and oxygen atoms in total. The van der Waals surface area contributed by atoms with Crippen LogP contribution in [0.1, 0.15) is 36.0 Å². The second kappa shape index (κ2) is 10.5. The number of likely N-dealkylation sites (tertiary alicyclic amines) is 1. The number of hydrogen-bond acceptors (Lipinski definition) is 5. The summed E-state index contributed by atoms with van der Waals surface area (Å²) in [6.45, 7) is 4.60. The molecule has 3 heterocycles. The molecular weight excluding hydrogens is 404 g/mol. The van der Waals surface area contributed by atoms with E-state index in [1.54, 1.807) is 19.4 Å². The summed E-state index contributed by atoms with van der Waals surface area (Å²) in [5.74, 6) is 2.31. The van der Waals surface area contributed by atoms with Crippen LogP contribution in [0.3, 0.4) is 0 Å². The number of nitrogens with zero attached hydrogens (tertiary/aromatic N) is 4. The predicted molar refractivity (Wildman–Crippen MR) is 124 cm³/mol. The number of amides is 2. The Labute approximate surface area is 190 Å². The largest absolute Gasteiger partial charge is 0.497 e. The van der Waals surface area contributed by atoms with E-state index < -0.39 is 0 Å². The molecule has 0 N–H and O–H groups in total. The van der Waals surface area contributed by atoms with Crippen LogP contribution in [0, 0.1) is 5.92 Å². The first kappa shape index (κ1) is 22.1. The SMILES string of the molecule is COc1cccc(C(=O)N2CCC[C@@H](CCC(=O)N3CCN(c4ccccn4)CC3)C2)c1. The van der Waals surface area contributed by atoms with Gasteiger partial charge in [0.1, 0.15) is 11.6 Å². The van der Waals surface area contributed by atoms with Gasteiger partial charge in [-0.25, -0.2) is 4.98 Å². The average Bonchev–Trinajstić information content (AvgIpc) is 2.87. The summed E-state index contributed by atoms with van der Waals surface area (Å²) in [6.07, 6.45) is 5.25.